The molecule has 1 rings (SSSR count). The van der Waals surface area contributed by atoms with Crippen LogP contribution in [-0.2, 0) is 11.3 Å². The lowest BCUT2D eigenvalue weighted by Gasteiger charge is -2.15. The third-order valence-corrected chi connectivity index (χ3v) is 3.05. The SMILES string of the molecule is CCCOc1ccc(CNCC)c(OCC(C)C(N)=O)c1. The maximum Gasteiger partial charge on any atom is 0.223 e. The zero-order chi connectivity index (χ0) is 15.7. The van der Waals surface area contributed by atoms with Crippen molar-refractivity contribution in [2.45, 2.75) is 33.7 Å². The fourth-order valence-corrected chi connectivity index (χ4v) is 1.68. The van der Waals surface area contributed by atoms with Crippen LogP contribution in [-0.4, -0.2) is 25.7 Å². The van der Waals surface area contributed by atoms with Gasteiger partial charge in [0.15, 0.2) is 0 Å². The molecule has 0 aliphatic rings. The van der Waals surface area contributed by atoms with Gasteiger partial charge in [-0.1, -0.05) is 26.8 Å². The molecule has 0 saturated heterocycles. The molecule has 0 saturated carbocycles. The van der Waals surface area contributed by atoms with Crippen LogP contribution in [0.1, 0.15) is 32.8 Å². The van der Waals surface area contributed by atoms with Gasteiger partial charge >= 0.3 is 0 Å². The van der Waals surface area contributed by atoms with E-state index in [0.717, 1.165) is 30.0 Å². The Labute approximate surface area is 126 Å². The number of hydrogen-bond acceptors (Lipinski definition) is 4. The van der Waals surface area contributed by atoms with E-state index < -0.39 is 0 Å². The van der Waals surface area contributed by atoms with Gasteiger partial charge in [0.25, 0.3) is 0 Å². The van der Waals surface area contributed by atoms with Gasteiger partial charge in [0, 0.05) is 18.2 Å². The Morgan fingerprint density at radius 2 is 2.10 bits per heavy atom. The van der Waals surface area contributed by atoms with Gasteiger partial charge in [0.2, 0.25) is 5.91 Å². The zero-order valence-corrected chi connectivity index (χ0v) is 13.1. The summed E-state index contributed by atoms with van der Waals surface area (Å²) >= 11 is 0. The summed E-state index contributed by atoms with van der Waals surface area (Å²) in [4.78, 5) is 11.1. The molecule has 21 heavy (non-hydrogen) atoms. The van der Waals surface area contributed by atoms with E-state index in [2.05, 4.69) is 19.2 Å². The molecule has 1 aromatic rings. The summed E-state index contributed by atoms with van der Waals surface area (Å²) in [6, 6.07) is 5.79. The van der Waals surface area contributed by atoms with Crippen molar-refractivity contribution in [3.63, 3.8) is 0 Å². The molecule has 0 aliphatic heterocycles. The summed E-state index contributed by atoms with van der Waals surface area (Å²) in [6.45, 7) is 8.40. The average molecular weight is 294 g/mol. The number of hydrogen-bond donors (Lipinski definition) is 2. The monoisotopic (exact) mass is 294 g/mol. The minimum Gasteiger partial charge on any atom is -0.493 e. The molecule has 0 fully saturated rings. The highest BCUT2D eigenvalue weighted by Gasteiger charge is 2.12. The number of carbonyl (C=O) groups is 1. The Kier molecular flexibility index (Phi) is 7.61. The Hall–Kier alpha value is -1.75. The summed E-state index contributed by atoms with van der Waals surface area (Å²) in [5.74, 6) is 0.829. The summed E-state index contributed by atoms with van der Waals surface area (Å²) in [7, 11) is 0. The predicted molar refractivity (Wildman–Crippen MR) is 83.5 cm³/mol. The molecular formula is C16H26N2O3. The molecule has 5 nitrogen and oxygen atoms in total. The molecule has 1 amide bonds. The van der Waals surface area contributed by atoms with Crippen LogP contribution in [0.25, 0.3) is 0 Å². The largest absolute Gasteiger partial charge is 0.493 e. The molecule has 1 unspecified atom stereocenters. The van der Waals surface area contributed by atoms with E-state index in [9.17, 15) is 4.79 Å². The maximum absolute atomic E-state index is 11.1. The molecule has 0 aromatic heterocycles. The first-order chi connectivity index (χ1) is 10.1. The summed E-state index contributed by atoms with van der Waals surface area (Å²) in [5, 5.41) is 3.27. The molecule has 1 atom stereocenters. The average Bonchev–Trinajstić information content (AvgIpc) is 2.49. The Morgan fingerprint density at radius 3 is 2.71 bits per heavy atom. The number of ether oxygens (including phenoxy) is 2. The standard InChI is InChI=1S/C16H26N2O3/c1-4-8-20-14-7-6-13(10-18-5-2)15(9-14)21-11-12(3)16(17)19/h6-7,9,12,18H,4-5,8,10-11H2,1-3H3,(H2,17,19). The molecule has 118 valence electrons. The number of nitrogens with two attached hydrogens (primary N) is 1. The molecular weight excluding hydrogens is 268 g/mol. The normalized spacial score (nSPS) is 12.0. The first-order valence-corrected chi connectivity index (χ1v) is 7.47. The molecule has 0 radical (unpaired) electrons. The van der Waals surface area contributed by atoms with E-state index in [1.165, 1.54) is 0 Å². The fourth-order valence-electron chi connectivity index (χ4n) is 1.68. The fraction of sp³-hybridized carbons (Fsp3) is 0.562. The van der Waals surface area contributed by atoms with Crippen LogP contribution in [0.15, 0.2) is 18.2 Å². The molecule has 5 heteroatoms. The first kappa shape index (κ1) is 17.3. The molecule has 0 heterocycles. The highest BCUT2D eigenvalue weighted by Crippen LogP contribution is 2.25. The minimum absolute atomic E-state index is 0.270. The van der Waals surface area contributed by atoms with Gasteiger partial charge in [-0.05, 0) is 19.0 Å². The number of nitrogens with one attached hydrogen (secondary N) is 1. The number of benzene rings is 1. The van der Waals surface area contributed by atoms with Gasteiger partial charge in [-0.15, -0.1) is 0 Å². The summed E-state index contributed by atoms with van der Waals surface area (Å²) in [5.41, 5.74) is 6.30. The van der Waals surface area contributed by atoms with Crippen molar-refractivity contribution in [1.29, 1.82) is 0 Å². The molecule has 0 bridgehead atoms. The second-order valence-corrected chi connectivity index (χ2v) is 5.01. The van der Waals surface area contributed by atoms with E-state index in [4.69, 9.17) is 15.2 Å². The van der Waals surface area contributed by atoms with E-state index in [1.54, 1.807) is 6.92 Å². The Balaban J connectivity index is 2.79. The van der Waals surface area contributed by atoms with Crippen LogP contribution in [0.3, 0.4) is 0 Å². The predicted octanol–water partition coefficient (Wildman–Crippen LogP) is 2.09. The van der Waals surface area contributed by atoms with Gasteiger partial charge in [0.1, 0.15) is 11.5 Å². The highest BCUT2D eigenvalue weighted by molar-refractivity contribution is 5.76. The molecule has 0 spiro atoms. The van der Waals surface area contributed by atoms with E-state index in [-0.39, 0.29) is 18.4 Å². The molecule has 1 aromatic carbocycles. The van der Waals surface area contributed by atoms with E-state index in [0.29, 0.717) is 13.2 Å². The zero-order valence-electron chi connectivity index (χ0n) is 13.1. The van der Waals surface area contributed by atoms with Crippen molar-refractivity contribution in [2.75, 3.05) is 19.8 Å². The summed E-state index contributed by atoms with van der Waals surface area (Å²) < 4.78 is 11.4. The van der Waals surface area contributed by atoms with Crippen molar-refractivity contribution >= 4 is 5.91 Å². The van der Waals surface area contributed by atoms with Crippen LogP contribution in [0.2, 0.25) is 0 Å². The maximum atomic E-state index is 11.1. The van der Waals surface area contributed by atoms with Crippen molar-refractivity contribution in [1.82, 2.24) is 5.32 Å². The lowest BCUT2D eigenvalue weighted by molar-refractivity contribution is -0.122. The molecule has 0 aliphatic carbocycles. The minimum atomic E-state index is -0.360. The lowest BCUT2D eigenvalue weighted by atomic mass is 10.1. The van der Waals surface area contributed by atoms with Crippen molar-refractivity contribution in [3.8, 4) is 11.5 Å². The first-order valence-electron chi connectivity index (χ1n) is 7.47. The van der Waals surface area contributed by atoms with Gasteiger partial charge < -0.3 is 20.5 Å². The number of amides is 1. The van der Waals surface area contributed by atoms with Crippen molar-refractivity contribution in [2.24, 2.45) is 11.7 Å². The van der Waals surface area contributed by atoms with Gasteiger partial charge in [-0.3, -0.25) is 4.79 Å². The quantitative estimate of drug-likeness (QED) is 0.693. The Bertz CT molecular complexity index is 449. The van der Waals surface area contributed by atoms with Gasteiger partial charge in [-0.25, -0.2) is 0 Å². The third kappa shape index (κ3) is 6.04. The van der Waals surface area contributed by atoms with E-state index >= 15 is 0 Å². The van der Waals surface area contributed by atoms with Gasteiger partial charge in [-0.2, -0.15) is 0 Å². The number of carbonyl (C=O) groups excluding carboxylic acids is 1. The van der Waals surface area contributed by atoms with Crippen molar-refractivity contribution < 1.29 is 14.3 Å². The van der Waals surface area contributed by atoms with Crippen LogP contribution >= 0.6 is 0 Å². The second-order valence-electron chi connectivity index (χ2n) is 5.01. The van der Waals surface area contributed by atoms with Crippen LogP contribution in [0, 0.1) is 5.92 Å². The summed E-state index contributed by atoms with van der Waals surface area (Å²) in [6.07, 6.45) is 0.952. The number of primary amides is 1. The highest BCUT2D eigenvalue weighted by atomic mass is 16.5. The number of rotatable bonds is 10. The van der Waals surface area contributed by atoms with Gasteiger partial charge in [0.05, 0.1) is 19.1 Å². The van der Waals surface area contributed by atoms with E-state index in [1.807, 2.05) is 18.2 Å². The van der Waals surface area contributed by atoms with Crippen LogP contribution in [0.4, 0.5) is 0 Å². The smallest absolute Gasteiger partial charge is 0.223 e. The van der Waals surface area contributed by atoms with Crippen LogP contribution < -0.4 is 20.5 Å². The molecule has 3 N–H and O–H groups in total. The van der Waals surface area contributed by atoms with Crippen molar-refractivity contribution in [3.05, 3.63) is 23.8 Å². The second kappa shape index (κ2) is 9.23. The third-order valence-electron chi connectivity index (χ3n) is 3.05. The lowest BCUT2D eigenvalue weighted by Crippen LogP contribution is -2.26. The van der Waals surface area contributed by atoms with Crippen LogP contribution in [0.5, 0.6) is 11.5 Å². The topological polar surface area (TPSA) is 73.6 Å². The Morgan fingerprint density at radius 1 is 1.33 bits per heavy atom.